The molecule has 0 aliphatic carbocycles. The number of nitrogens with two attached hydrogens (primary N) is 1. The summed E-state index contributed by atoms with van der Waals surface area (Å²) in [5.41, 5.74) is 7.27. The van der Waals surface area contributed by atoms with Crippen molar-refractivity contribution in [1.82, 2.24) is 19.8 Å². The highest BCUT2D eigenvalue weighted by Gasteiger charge is 2.26. The summed E-state index contributed by atoms with van der Waals surface area (Å²) in [5, 5.41) is 0.0163. The number of nitrogen functional groups attached to an aromatic ring is 1. The second kappa shape index (κ2) is 10.4. The molecule has 160 valence electrons. The Labute approximate surface area is 180 Å². The molecule has 2 heterocycles. The van der Waals surface area contributed by atoms with Crippen molar-refractivity contribution in [2.75, 3.05) is 38.5 Å². The summed E-state index contributed by atoms with van der Waals surface area (Å²) in [7, 11) is 0. The van der Waals surface area contributed by atoms with Crippen LogP contribution < -0.4 is 5.73 Å². The van der Waals surface area contributed by atoms with Crippen LogP contribution in [0.2, 0.25) is 0 Å². The Morgan fingerprint density at radius 1 is 1.20 bits per heavy atom. The molecule has 0 bridgehead atoms. The van der Waals surface area contributed by atoms with Gasteiger partial charge in [0, 0.05) is 38.9 Å². The van der Waals surface area contributed by atoms with Crippen LogP contribution in [0.5, 0.6) is 0 Å². The van der Waals surface area contributed by atoms with Gasteiger partial charge in [-0.25, -0.2) is 14.8 Å². The monoisotopic (exact) mass is 429 g/mol. The van der Waals surface area contributed by atoms with Gasteiger partial charge in [0.1, 0.15) is 11.4 Å². The van der Waals surface area contributed by atoms with Gasteiger partial charge in [-0.05, 0) is 19.4 Å². The third-order valence-electron chi connectivity index (χ3n) is 4.85. The summed E-state index contributed by atoms with van der Waals surface area (Å²) in [4.78, 5) is 37.2. The lowest BCUT2D eigenvalue weighted by Crippen LogP contribution is -2.50. The summed E-state index contributed by atoms with van der Waals surface area (Å²) in [6.07, 6.45) is 1.35. The van der Waals surface area contributed by atoms with E-state index in [1.54, 1.807) is 6.92 Å². The summed E-state index contributed by atoms with van der Waals surface area (Å²) >= 11 is 1.24. The first kappa shape index (κ1) is 22.0. The number of piperazine rings is 1. The highest BCUT2D eigenvalue weighted by Crippen LogP contribution is 2.23. The minimum Gasteiger partial charge on any atom is -0.462 e. The van der Waals surface area contributed by atoms with Crippen LogP contribution in [0.25, 0.3) is 0 Å². The Bertz CT molecular complexity index is 872. The van der Waals surface area contributed by atoms with E-state index in [4.69, 9.17) is 10.5 Å². The number of carbonyl (C=O) groups is 2. The number of nitrogens with zero attached hydrogens (tertiary/aromatic N) is 4. The maximum absolute atomic E-state index is 12.8. The van der Waals surface area contributed by atoms with Crippen molar-refractivity contribution in [1.29, 1.82) is 0 Å². The molecule has 30 heavy (non-hydrogen) atoms. The fourth-order valence-corrected chi connectivity index (χ4v) is 4.07. The van der Waals surface area contributed by atoms with Crippen molar-refractivity contribution >= 4 is 29.5 Å². The minimum absolute atomic E-state index is 0.0519. The molecule has 1 aliphatic heterocycles. The Hall–Kier alpha value is -2.65. The van der Waals surface area contributed by atoms with E-state index in [-0.39, 0.29) is 29.1 Å². The fourth-order valence-electron chi connectivity index (χ4n) is 3.23. The number of esters is 1. The van der Waals surface area contributed by atoms with Crippen LogP contribution >= 0.6 is 11.8 Å². The zero-order chi connectivity index (χ0) is 21.5. The molecule has 1 fully saturated rings. The first-order valence-electron chi connectivity index (χ1n) is 9.99. The van der Waals surface area contributed by atoms with Crippen molar-refractivity contribution in [3.8, 4) is 0 Å². The van der Waals surface area contributed by atoms with E-state index in [0.717, 1.165) is 19.6 Å². The third-order valence-corrected chi connectivity index (χ3v) is 5.82. The first-order chi connectivity index (χ1) is 14.5. The smallest absolute Gasteiger partial charge is 0.343 e. The standard InChI is InChI=1S/C21H27N5O3S/c1-3-29-20(28)17-13-23-21(24-18(17)22)30-15(2)19(27)26-11-9-25(10-12-26)14-16-7-5-4-6-8-16/h4-8,13,15H,3,9-12,14H2,1-2H3,(H2,22,23,24). The van der Waals surface area contributed by atoms with Crippen molar-refractivity contribution in [3.63, 3.8) is 0 Å². The Morgan fingerprint density at radius 3 is 2.53 bits per heavy atom. The Balaban J connectivity index is 1.51. The van der Waals surface area contributed by atoms with Crippen LogP contribution in [-0.4, -0.2) is 69.7 Å². The zero-order valence-corrected chi connectivity index (χ0v) is 18.1. The molecular weight excluding hydrogens is 402 g/mol. The van der Waals surface area contributed by atoms with E-state index in [0.29, 0.717) is 18.2 Å². The van der Waals surface area contributed by atoms with Crippen molar-refractivity contribution in [2.24, 2.45) is 0 Å². The largest absolute Gasteiger partial charge is 0.462 e. The number of amides is 1. The molecule has 1 amide bonds. The molecule has 0 saturated carbocycles. The van der Waals surface area contributed by atoms with Crippen LogP contribution in [0.15, 0.2) is 41.7 Å². The fraction of sp³-hybridized carbons (Fsp3) is 0.429. The molecule has 2 N–H and O–H groups in total. The number of hydrogen-bond acceptors (Lipinski definition) is 8. The molecule has 8 nitrogen and oxygen atoms in total. The third kappa shape index (κ3) is 5.70. The molecule has 0 radical (unpaired) electrons. The molecule has 1 aromatic heterocycles. The predicted octanol–water partition coefficient (Wildman–Crippen LogP) is 2.06. The van der Waals surface area contributed by atoms with Gasteiger partial charge in [0.25, 0.3) is 0 Å². The number of hydrogen-bond donors (Lipinski definition) is 1. The number of carbonyl (C=O) groups excluding carboxylic acids is 2. The maximum Gasteiger partial charge on any atom is 0.343 e. The molecule has 0 spiro atoms. The normalized spacial score (nSPS) is 15.6. The van der Waals surface area contributed by atoms with E-state index in [9.17, 15) is 9.59 Å². The number of ether oxygens (including phenoxy) is 1. The summed E-state index contributed by atoms with van der Waals surface area (Å²) in [6.45, 7) is 7.77. The topological polar surface area (TPSA) is 102 Å². The van der Waals surface area contributed by atoms with Gasteiger partial charge in [-0.3, -0.25) is 9.69 Å². The van der Waals surface area contributed by atoms with E-state index in [1.165, 1.54) is 23.5 Å². The van der Waals surface area contributed by atoms with Crippen LogP contribution in [0.3, 0.4) is 0 Å². The number of thioether (sulfide) groups is 1. The number of rotatable bonds is 7. The van der Waals surface area contributed by atoms with Crippen LogP contribution in [0.4, 0.5) is 5.82 Å². The molecule has 1 unspecified atom stereocenters. The highest BCUT2D eigenvalue weighted by molar-refractivity contribution is 8.00. The molecular formula is C21H27N5O3S. The Morgan fingerprint density at radius 2 is 1.90 bits per heavy atom. The lowest BCUT2D eigenvalue weighted by atomic mass is 10.2. The van der Waals surface area contributed by atoms with Crippen LogP contribution in [0.1, 0.15) is 29.8 Å². The van der Waals surface area contributed by atoms with Crippen molar-refractivity contribution < 1.29 is 14.3 Å². The minimum atomic E-state index is -0.552. The second-order valence-electron chi connectivity index (χ2n) is 7.02. The van der Waals surface area contributed by atoms with Gasteiger partial charge in [0.05, 0.1) is 11.9 Å². The van der Waals surface area contributed by atoms with Crippen LogP contribution in [-0.2, 0) is 16.1 Å². The molecule has 2 aromatic rings. The summed E-state index contributed by atoms with van der Waals surface area (Å²) in [5.74, 6) is -0.444. The van der Waals surface area contributed by atoms with Gasteiger partial charge < -0.3 is 15.4 Å². The number of aromatic nitrogens is 2. The SMILES string of the molecule is CCOC(=O)c1cnc(SC(C)C(=O)N2CCN(Cc3ccccc3)CC2)nc1N. The number of benzene rings is 1. The van der Waals surface area contributed by atoms with Crippen molar-refractivity contribution in [2.45, 2.75) is 30.8 Å². The molecule has 9 heteroatoms. The second-order valence-corrected chi connectivity index (χ2v) is 8.33. The van der Waals surface area contributed by atoms with E-state index < -0.39 is 5.97 Å². The van der Waals surface area contributed by atoms with Gasteiger partial charge in [-0.2, -0.15) is 0 Å². The van der Waals surface area contributed by atoms with Gasteiger partial charge in [-0.1, -0.05) is 42.1 Å². The van der Waals surface area contributed by atoms with Crippen molar-refractivity contribution in [3.05, 3.63) is 47.7 Å². The summed E-state index contributed by atoms with van der Waals surface area (Å²) < 4.78 is 4.92. The molecule has 1 saturated heterocycles. The molecule has 3 rings (SSSR count). The predicted molar refractivity (Wildman–Crippen MR) is 116 cm³/mol. The average Bonchev–Trinajstić information content (AvgIpc) is 2.74. The highest BCUT2D eigenvalue weighted by atomic mass is 32.2. The number of anilines is 1. The van der Waals surface area contributed by atoms with Crippen LogP contribution in [0, 0.1) is 0 Å². The maximum atomic E-state index is 12.8. The summed E-state index contributed by atoms with van der Waals surface area (Å²) in [6, 6.07) is 10.3. The van der Waals surface area contributed by atoms with Gasteiger partial charge in [-0.15, -0.1) is 0 Å². The lowest BCUT2D eigenvalue weighted by Gasteiger charge is -2.35. The Kier molecular flexibility index (Phi) is 7.64. The van der Waals surface area contributed by atoms with E-state index in [2.05, 4.69) is 27.0 Å². The quantitative estimate of drug-likeness (QED) is 0.405. The zero-order valence-electron chi connectivity index (χ0n) is 17.3. The van der Waals surface area contributed by atoms with Gasteiger partial charge in [0.2, 0.25) is 5.91 Å². The van der Waals surface area contributed by atoms with E-state index in [1.807, 2.05) is 30.0 Å². The molecule has 1 atom stereocenters. The lowest BCUT2D eigenvalue weighted by molar-refractivity contribution is -0.132. The molecule has 1 aromatic carbocycles. The van der Waals surface area contributed by atoms with E-state index >= 15 is 0 Å². The first-order valence-corrected chi connectivity index (χ1v) is 10.9. The van der Waals surface area contributed by atoms with Gasteiger partial charge >= 0.3 is 5.97 Å². The average molecular weight is 430 g/mol. The molecule has 1 aliphatic rings. The van der Waals surface area contributed by atoms with Gasteiger partial charge in [0.15, 0.2) is 5.16 Å².